The van der Waals surface area contributed by atoms with E-state index >= 15 is 0 Å². The van der Waals surface area contributed by atoms with Crippen LogP contribution >= 0.6 is 0 Å². The monoisotopic (exact) mass is 347 g/mol. The van der Waals surface area contributed by atoms with E-state index in [1.807, 2.05) is 6.20 Å². The molecule has 0 saturated carbocycles. The molecular formula is C23H29N3. The van der Waals surface area contributed by atoms with Gasteiger partial charge in [0.15, 0.2) is 0 Å². The highest BCUT2D eigenvalue weighted by Crippen LogP contribution is 2.42. The van der Waals surface area contributed by atoms with Gasteiger partial charge in [-0.2, -0.15) is 0 Å². The second-order valence-corrected chi connectivity index (χ2v) is 8.03. The Morgan fingerprint density at radius 1 is 1.31 bits per heavy atom. The van der Waals surface area contributed by atoms with Crippen molar-refractivity contribution in [2.24, 2.45) is 11.8 Å². The van der Waals surface area contributed by atoms with Crippen molar-refractivity contribution in [3.63, 3.8) is 0 Å². The van der Waals surface area contributed by atoms with Crippen molar-refractivity contribution in [2.75, 3.05) is 13.1 Å². The summed E-state index contributed by atoms with van der Waals surface area (Å²) < 4.78 is 0. The van der Waals surface area contributed by atoms with Crippen molar-refractivity contribution >= 4 is 10.9 Å². The van der Waals surface area contributed by atoms with E-state index in [0.29, 0.717) is 12.0 Å². The summed E-state index contributed by atoms with van der Waals surface area (Å²) in [6, 6.07) is 11.5. The predicted octanol–water partition coefficient (Wildman–Crippen LogP) is 4.69. The van der Waals surface area contributed by atoms with Gasteiger partial charge in [0.05, 0.1) is 11.6 Å². The Bertz CT molecular complexity index is 816. The number of fused-ring (bicyclic) bond motifs is 4. The number of pyridine rings is 1. The summed E-state index contributed by atoms with van der Waals surface area (Å²) in [5.74, 6) is 1.42. The number of piperidine rings is 3. The molecule has 3 aliphatic rings. The van der Waals surface area contributed by atoms with Crippen LogP contribution in [0, 0.1) is 11.8 Å². The Kier molecular flexibility index (Phi) is 4.82. The first-order chi connectivity index (χ1) is 12.7. The summed E-state index contributed by atoms with van der Waals surface area (Å²) in [5.41, 5.74) is 3.74. The van der Waals surface area contributed by atoms with Crippen LogP contribution in [0.2, 0.25) is 0 Å². The van der Waals surface area contributed by atoms with Crippen LogP contribution in [0.1, 0.15) is 38.3 Å². The molecule has 0 aliphatic carbocycles. The highest BCUT2D eigenvalue weighted by molar-refractivity contribution is 5.82. The van der Waals surface area contributed by atoms with Crippen LogP contribution < -0.4 is 5.32 Å². The fourth-order valence-electron chi connectivity index (χ4n) is 4.78. The summed E-state index contributed by atoms with van der Waals surface area (Å²) in [7, 11) is 0. The highest BCUT2D eigenvalue weighted by Gasteiger charge is 2.42. The fourth-order valence-corrected chi connectivity index (χ4v) is 4.78. The van der Waals surface area contributed by atoms with Gasteiger partial charge in [0, 0.05) is 24.2 Å². The molecule has 0 radical (unpaired) electrons. The van der Waals surface area contributed by atoms with Crippen LogP contribution in [-0.2, 0) is 0 Å². The molecule has 4 unspecified atom stereocenters. The molecule has 2 bridgehead atoms. The number of nitrogens with zero attached hydrogens (tertiary/aromatic N) is 2. The number of rotatable bonds is 5. The maximum atomic E-state index is 4.57. The van der Waals surface area contributed by atoms with E-state index in [2.05, 4.69) is 78.2 Å². The number of nitrogens with one attached hydrogen (secondary N) is 1. The third-order valence-corrected chi connectivity index (χ3v) is 6.11. The van der Waals surface area contributed by atoms with Gasteiger partial charge in [-0.05, 0) is 69.0 Å². The largest absolute Gasteiger partial charge is 0.383 e. The zero-order valence-corrected chi connectivity index (χ0v) is 15.9. The number of aromatic nitrogens is 1. The summed E-state index contributed by atoms with van der Waals surface area (Å²) >= 11 is 0. The van der Waals surface area contributed by atoms with Gasteiger partial charge in [0.2, 0.25) is 0 Å². The lowest BCUT2D eigenvalue weighted by Gasteiger charge is -2.51. The molecule has 0 spiro atoms. The smallest absolute Gasteiger partial charge is 0.0705 e. The molecule has 4 heterocycles. The summed E-state index contributed by atoms with van der Waals surface area (Å²) in [4.78, 5) is 7.25. The lowest BCUT2D eigenvalue weighted by Crippen LogP contribution is -2.56. The minimum absolute atomic E-state index is 0.284. The van der Waals surface area contributed by atoms with Crippen LogP contribution in [-0.4, -0.2) is 29.0 Å². The topological polar surface area (TPSA) is 28.2 Å². The van der Waals surface area contributed by atoms with Gasteiger partial charge in [-0.1, -0.05) is 29.8 Å². The quantitative estimate of drug-likeness (QED) is 0.796. The van der Waals surface area contributed by atoms with Crippen molar-refractivity contribution in [2.45, 2.75) is 38.8 Å². The molecule has 3 aliphatic heterocycles. The molecule has 1 aromatic heterocycles. The molecule has 3 heteroatoms. The van der Waals surface area contributed by atoms with Gasteiger partial charge in [-0.25, -0.2) is 0 Å². The average Bonchev–Trinajstić information content (AvgIpc) is 2.68. The lowest BCUT2D eigenvalue weighted by molar-refractivity contribution is 0.00339. The first-order valence-electron chi connectivity index (χ1n) is 9.77. The third kappa shape index (κ3) is 3.16. The van der Waals surface area contributed by atoms with E-state index < -0.39 is 0 Å². The van der Waals surface area contributed by atoms with Gasteiger partial charge in [-0.15, -0.1) is 6.58 Å². The molecule has 136 valence electrons. The molecule has 0 amide bonds. The summed E-state index contributed by atoms with van der Waals surface area (Å²) in [6.07, 6.45) is 8.85. The molecule has 5 atom stereocenters. The Hall–Kier alpha value is -2.13. The predicted molar refractivity (Wildman–Crippen MR) is 109 cm³/mol. The number of hydrogen-bond acceptors (Lipinski definition) is 3. The van der Waals surface area contributed by atoms with Crippen molar-refractivity contribution in [3.8, 4) is 0 Å². The Morgan fingerprint density at radius 2 is 2.15 bits per heavy atom. The zero-order chi connectivity index (χ0) is 18.1. The Morgan fingerprint density at radius 3 is 2.88 bits per heavy atom. The standard InChI is InChI=1S/C23H29N3/c1-4-17-15-26-12-10-18(17)13-22(26)23(25-14-16(2)3)20-9-11-24-21-8-6-5-7-19(20)21/h4-9,11,14,17-18,22-23,25H,1,10,12-13,15H2,2-3H3/t17?,18?,22?,23-/m1/s1. The summed E-state index contributed by atoms with van der Waals surface area (Å²) in [6.45, 7) is 10.7. The minimum Gasteiger partial charge on any atom is -0.383 e. The maximum absolute atomic E-state index is 4.57. The molecule has 3 saturated heterocycles. The van der Waals surface area contributed by atoms with E-state index in [4.69, 9.17) is 0 Å². The van der Waals surface area contributed by atoms with Gasteiger partial charge in [0.1, 0.15) is 0 Å². The highest BCUT2D eigenvalue weighted by atomic mass is 15.2. The molecule has 1 aromatic carbocycles. The fraction of sp³-hybridized carbons (Fsp3) is 0.435. The minimum atomic E-state index is 0.284. The number of allylic oxidation sites excluding steroid dienone is 1. The Balaban J connectivity index is 1.73. The van der Waals surface area contributed by atoms with Crippen LogP contribution in [0.5, 0.6) is 0 Å². The third-order valence-electron chi connectivity index (χ3n) is 6.11. The van der Waals surface area contributed by atoms with E-state index in [-0.39, 0.29) is 6.04 Å². The summed E-state index contributed by atoms with van der Waals surface area (Å²) in [5, 5.41) is 5.02. The molecular weight excluding hydrogens is 318 g/mol. The SMILES string of the molecule is C=CC1CN2CCC1CC2[C@H](NC=C(C)C)c1ccnc2ccccc12. The molecule has 5 rings (SSSR count). The van der Waals surface area contributed by atoms with E-state index in [0.717, 1.165) is 18.0 Å². The number of hydrogen-bond donors (Lipinski definition) is 1. The van der Waals surface area contributed by atoms with Gasteiger partial charge < -0.3 is 5.32 Å². The Labute approximate surface area is 156 Å². The molecule has 2 aromatic rings. The zero-order valence-electron chi connectivity index (χ0n) is 15.9. The molecule has 26 heavy (non-hydrogen) atoms. The van der Waals surface area contributed by atoms with Crippen LogP contribution in [0.4, 0.5) is 0 Å². The van der Waals surface area contributed by atoms with E-state index in [1.165, 1.54) is 35.9 Å². The van der Waals surface area contributed by atoms with Crippen LogP contribution in [0.25, 0.3) is 10.9 Å². The second-order valence-electron chi connectivity index (χ2n) is 8.03. The van der Waals surface area contributed by atoms with Gasteiger partial charge in [-0.3, -0.25) is 9.88 Å². The second kappa shape index (κ2) is 7.24. The van der Waals surface area contributed by atoms with E-state index in [9.17, 15) is 0 Å². The number of benzene rings is 1. The maximum Gasteiger partial charge on any atom is 0.0705 e. The van der Waals surface area contributed by atoms with Crippen molar-refractivity contribution in [1.82, 2.24) is 15.2 Å². The van der Waals surface area contributed by atoms with Crippen LogP contribution in [0.3, 0.4) is 0 Å². The number of para-hydroxylation sites is 1. The van der Waals surface area contributed by atoms with E-state index in [1.54, 1.807) is 0 Å². The lowest BCUT2D eigenvalue weighted by atomic mass is 9.73. The van der Waals surface area contributed by atoms with Crippen molar-refractivity contribution in [1.29, 1.82) is 0 Å². The van der Waals surface area contributed by atoms with Crippen LogP contribution in [0.15, 0.2) is 61.0 Å². The first kappa shape index (κ1) is 17.3. The van der Waals surface area contributed by atoms with Crippen molar-refractivity contribution in [3.05, 3.63) is 66.5 Å². The van der Waals surface area contributed by atoms with Gasteiger partial charge >= 0.3 is 0 Å². The normalized spacial score (nSPS) is 28.5. The average molecular weight is 348 g/mol. The first-order valence-corrected chi connectivity index (χ1v) is 9.77. The molecule has 1 N–H and O–H groups in total. The molecule has 3 nitrogen and oxygen atoms in total. The molecule has 3 fully saturated rings. The van der Waals surface area contributed by atoms with Gasteiger partial charge in [0.25, 0.3) is 0 Å². The van der Waals surface area contributed by atoms with Crippen molar-refractivity contribution < 1.29 is 0 Å².